The highest BCUT2D eigenvalue weighted by Crippen LogP contribution is 2.22. The maximum absolute atomic E-state index is 4.40. The van der Waals surface area contributed by atoms with Crippen LogP contribution in [0, 0.1) is 5.92 Å². The van der Waals surface area contributed by atoms with Gasteiger partial charge in [-0.3, -0.25) is 4.98 Å². The van der Waals surface area contributed by atoms with Crippen LogP contribution in [0.1, 0.15) is 44.9 Å². The molecule has 1 rings (SSSR count). The summed E-state index contributed by atoms with van der Waals surface area (Å²) in [6.07, 6.45) is 3.04. The van der Waals surface area contributed by atoms with E-state index in [4.69, 9.17) is 0 Å². The molecule has 2 heteroatoms. The van der Waals surface area contributed by atoms with Crippen LogP contribution in [0.3, 0.4) is 0 Å². The van der Waals surface area contributed by atoms with Gasteiger partial charge < -0.3 is 0 Å². The molecule has 1 heterocycles. The Bertz CT molecular complexity index is 305. The molecule has 1 aromatic rings. The third-order valence-electron chi connectivity index (χ3n) is 2.18. The number of pyridine rings is 1. The average molecular weight is 256 g/mol. The maximum atomic E-state index is 4.40. The summed E-state index contributed by atoms with van der Waals surface area (Å²) in [6.45, 7) is 8.83. The van der Waals surface area contributed by atoms with E-state index in [0.29, 0.717) is 11.8 Å². The lowest BCUT2D eigenvalue weighted by Crippen LogP contribution is -1.99. The minimum absolute atomic E-state index is 0.508. The van der Waals surface area contributed by atoms with Gasteiger partial charge in [-0.15, -0.1) is 0 Å². The summed E-state index contributed by atoms with van der Waals surface area (Å²) in [7, 11) is 0. The molecule has 0 amide bonds. The highest BCUT2D eigenvalue weighted by Gasteiger charge is 2.07. The smallest absolute Gasteiger partial charge is 0.0432 e. The van der Waals surface area contributed by atoms with Crippen molar-refractivity contribution in [1.29, 1.82) is 0 Å². The summed E-state index contributed by atoms with van der Waals surface area (Å²) < 4.78 is 1.13. The number of aromatic nitrogens is 1. The van der Waals surface area contributed by atoms with Crippen molar-refractivity contribution in [1.82, 2.24) is 4.98 Å². The minimum atomic E-state index is 0.508. The Morgan fingerprint density at radius 1 is 1.29 bits per heavy atom. The zero-order valence-electron chi connectivity index (χ0n) is 9.34. The number of halogens is 1. The van der Waals surface area contributed by atoms with Crippen LogP contribution >= 0.6 is 15.9 Å². The van der Waals surface area contributed by atoms with Gasteiger partial charge in [0, 0.05) is 16.4 Å². The Hall–Kier alpha value is -0.370. The molecular weight excluding hydrogens is 238 g/mol. The molecule has 1 nitrogen and oxygen atoms in total. The Morgan fingerprint density at radius 2 is 1.93 bits per heavy atom. The van der Waals surface area contributed by atoms with Gasteiger partial charge in [0.15, 0.2) is 0 Å². The molecule has 1 aromatic heterocycles. The topological polar surface area (TPSA) is 12.9 Å². The summed E-state index contributed by atoms with van der Waals surface area (Å²) in [5, 5.41) is 0. The first-order valence-electron chi connectivity index (χ1n) is 5.15. The van der Waals surface area contributed by atoms with Crippen LogP contribution < -0.4 is 0 Å². The van der Waals surface area contributed by atoms with E-state index in [0.717, 1.165) is 10.9 Å². The van der Waals surface area contributed by atoms with Crippen LogP contribution in [-0.2, 0) is 6.42 Å². The third-order valence-corrected chi connectivity index (χ3v) is 2.89. The summed E-state index contributed by atoms with van der Waals surface area (Å²) >= 11 is 3.55. The van der Waals surface area contributed by atoms with Gasteiger partial charge in [0.05, 0.1) is 0 Å². The van der Waals surface area contributed by atoms with Crippen LogP contribution in [0.15, 0.2) is 16.7 Å². The van der Waals surface area contributed by atoms with E-state index in [-0.39, 0.29) is 0 Å². The quantitative estimate of drug-likeness (QED) is 0.791. The van der Waals surface area contributed by atoms with Crippen LogP contribution in [-0.4, -0.2) is 4.98 Å². The van der Waals surface area contributed by atoms with E-state index < -0.39 is 0 Å². The van der Waals surface area contributed by atoms with Crippen molar-refractivity contribution in [3.8, 4) is 0 Å². The fourth-order valence-corrected chi connectivity index (χ4v) is 1.79. The van der Waals surface area contributed by atoms with Gasteiger partial charge in [-0.05, 0) is 45.8 Å². The molecule has 0 N–H and O–H groups in total. The predicted octanol–water partition coefficient (Wildman–Crippen LogP) is 4.17. The van der Waals surface area contributed by atoms with Crippen LogP contribution in [0.25, 0.3) is 0 Å². The molecule has 14 heavy (non-hydrogen) atoms. The average Bonchev–Trinajstić information content (AvgIpc) is 2.07. The van der Waals surface area contributed by atoms with E-state index in [1.807, 2.05) is 6.20 Å². The number of rotatable bonds is 3. The molecule has 0 aromatic carbocycles. The van der Waals surface area contributed by atoms with Gasteiger partial charge in [0.2, 0.25) is 0 Å². The molecule has 0 fully saturated rings. The van der Waals surface area contributed by atoms with Gasteiger partial charge in [-0.2, -0.15) is 0 Å². The van der Waals surface area contributed by atoms with Crippen molar-refractivity contribution in [3.05, 3.63) is 28.0 Å². The van der Waals surface area contributed by atoms with E-state index in [1.165, 1.54) is 11.3 Å². The highest BCUT2D eigenvalue weighted by molar-refractivity contribution is 9.10. The summed E-state index contributed by atoms with van der Waals surface area (Å²) in [5.74, 6) is 1.20. The molecule has 0 atom stereocenters. The van der Waals surface area contributed by atoms with E-state index in [1.54, 1.807) is 0 Å². The Morgan fingerprint density at radius 3 is 2.43 bits per heavy atom. The van der Waals surface area contributed by atoms with Crippen LogP contribution in [0.2, 0.25) is 0 Å². The molecule has 0 radical (unpaired) electrons. The molecule has 0 bridgehead atoms. The van der Waals surface area contributed by atoms with Gasteiger partial charge in [0.1, 0.15) is 0 Å². The van der Waals surface area contributed by atoms with Crippen molar-refractivity contribution < 1.29 is 0 Å². The highest BCUT2D eigenvalue weighted by atomic mass is 79.9. The number of nitrogens with zero attached hydrogens (tertiary/aromatic N) is 1. The monoisotopic (exact) mass is 255 g/mol. The summed E-state index contributed by atoms with van der Waals surface area (Å²) in [6, 6.07) is 2.22. The molecule has 0 aliphatic heterocycles. The second-order valence-electron chi connectivity index (χ2n) is 4.45. The van der Waals surface area contributed by atoms with Crippen molar-refractivity contribution in [2.24, 2.45) is 5.92 Å². The number of hydrogen-bond acceptors (Lipinski definition) is 1. The molecule has 0 aliphatic rings. The largest absolute Gasteiger partial charge is 0.260 e. The first kappa shape index (κ1) is 11.7. The Kier molecular flexibility index (Phi) is 4.11. The summed E-state index contributed by atoms with van der Waals surface area (Å²) in [4.78, 5) is 4.40. The fourth-order valence-electron chi connectivity index (χ4n) is 1.41. The van der Waals surface area contributed by atoms with Crippen molar-refractivity contribution >= 4 is 15.9 Å². The second kappa shape index (κ2) is 4.92. The van der Waals surface area contributed by atoms with Gasteiger partial charge in [0.25, 0.3) is 0 Å². The SMILES string of the molecule is CC(C)Cc1cc(C(C)C)ncc1Br. The van der Waals surface area contributed by atoms with Crippen molar-refractivity contribution in [2.75, 3.05) is 0 Å². The molecule has 0 unspecified atom stereocenters. The molecule has 0 saturated carbocycles. The molecular formula is C12H18BrN. The second-order valence-corrected chi connectivity index (χ2v) is 5.31. The summed E-state index contributed by atoms with van der Waals surface area (Å²) in [5.41, 5.74) is 2.56. The first-order chi connectivity index (χ1) is 6.50. The maximum Gasteiger partial charge on any atom is 0.0432 e. The van der Waals surface area contributed by atoms with E-state index in [2.05, 4.69) is 54.7 Å². The normalized spacial score (nSPS) is 11.4. The van der Waals surface area contributed by atoms with Crippen molar-refractivity contribution in [3.63, 3.8) is 0 Å². The standard InChI is InChI=1S/C12H18BrN/c1-8(2)5-10-6-12(9(3)4)14-7-11(10)13/h6-9H,5H2,1-4H3. The fraction of sp³-hybridized carbons (Fsp3) is 0.583. The predicted molar refractivity (Wildman–Crippen MR) is 64.6 cm³/mol. The van der Waals surface area contributed by atoms with Gasteiger partial charge in [-0.1, -0.05) is 27.7 Å². The van der Waals surface area contributed by atoms with E-state index >= 15 is 0 Å². The Balaban J connectivity index is 2.96. The van der Waals surface area contributed by atoms with E-state index in [9.17, 15) is 0 Å². The van der Waals surface area contributed by atoms with Gasteiger partial charge >= 0.3 is 0 Å². The molecule has 0 spiro atoms. The van der Waals surface area contributed by atoms with Crippen molar-refractivity contribution in [2.45, 2.75) is 40.0 Å². The molecule has 0 aliphatic carbocycles. The lowest BCUT2D eigenvalue weighted by Gasteiger charge is -2.11. The zero-order chi connectivity index (χ0) is 10.7. The lowest BCUT2D eigenvalue weighted by atomic mass is 10.0. The van der Waals surface area contributed by atoms with Gasteiger partial charge in [-0.25, -0.2) is 0 Å². The first-order valence-corrected chi connectivity index (χ1v) is 5.94. The zero-order valence-corrected chi connectivity index (χ0v) is 10.9. The molecule has 0 saturated heterocycles. The number of hydrogen-bond donors (Lipinski definition) is 0. The molecule has 78 valence electrons. The Labute approximate surface area is 95.1 Å². The van der Waals surface area contributed by atoms with Crippen LogP contribution in [0.5, 0.6) is 0 Å². The third kappa shape index (κ3) is 3.09. The minimum Gasteiger partial charge on any atom is -0.260 e. The lowest BCUT2D eigenvalue weighted by molar-refractivity contribution is 0.642. The van der Waals surface area contributed by atoms with Crippen LogP contribution in [0.4, 0.5) is 0 Å².